The predicted molar refractivity (Wildman–Crippen MR) is 60.2 cm³/mol. The van der Waals surface area contributed by atoms with Crippen molar-refractivity contribution in [3.05, 3.63) is 53.9 Å². The lowest BCUT2D eigenvalue weighted by molar-refractivity contribution is 0.103. The lowest BCUT2D eigenvalue weighted by atomic mass is 10.0. The van der Waals surface area contributed by atoms with Crippen LogP contribution in [0.5, 0.6) is 5.75 Å². The van der Waals surface area contributed by atoms with E-state index in [2.05, 4.69) is 4.98 Å². The number of nitrogens with two attached hydrogens (primary N) is 1. The third-order valence-corrected chi connectivity index (χ3v) is 2.24. The molecule has 0 fully saturated rings. The Morgan fingerprint density at radius 2 is 1.88 bits per heavy atom. The monoisotopic (exact) mass is 214 g/mol. The third kappa shape index (κ3) is 1.72. The van der Waals surface area contributed by atoms with Crippen LogP contribution in [0.1, 0.15) is 15.9 Å². The molecule has 0 aliphatic heterocycles. The number of carbonyl (C=O) groups is 1. The third-order valence-electron chi connectivity index (χ3n) is 2.24. The highest BCUT2D eigenvalue weighted by Crippen LogP contribution is 2.25. The topological polar surface area (TPSA) is 76.2 Å². The van der Waals surface area contributed by atoms with Crippen molar-refractivity contribution >= 4 is 11.5 Å². The smallest absolute Gasteiger partial charge is 0.198 e. The molecule has 80 valence electrons. The first kappa shape index (κ1) is 10.2. The average molecular weight is 214 g/mol. The van der Waals surface area contributed by atoms with Crippen molar-refractivity contribution in [3.63, 3.8) is 0 Å². The van der Waals surface area contributed by atoms with Crippen LogP contribution < -0.4 is 5.73 Å². The SMILES string of the molecule is Nc1cccc(O)c1C(=O)c1ccncc1. The Kier molecular flexibility index (Phi) is 2.55. The number of ketones is 1. The molecule has 0 radical (unpaired) electrons. The van der Waals surface area contributed by atoms with Crippen LogP contribution in [0, 0.1) is 0 Å². The highest BCUT2D eigenvalue weighted by Gasteiger charge is 2.15. The second kappa shape index (κ2) is 4.02. The molecule has 1 aromatic heterocycles. The summed E-state index contributed by atoms with van der Waals surface area (Å²) >= 11 is 0. The molecule has 1 heterocycles. The Morgan fingerprint density at radius 1 is 1.19 bits per heavy atom. The fourth-order valence-corrected chi connectivity index (χ4v) is 1.45. The van der Waals surface area contributed by atoms with Gasteiger partial charge in [-0.2, -0.15) is 0 Å². The molecule has 2 aromatic rings. The van der Waals surface area contributed by atoms with Crippen LogP contribution in [0.2, 0.25) is 0 Å². The maximum Gasteiger partial charge on any atom is 0.198 e. The van der Waals surface area contributed by atoms with E-state index in [0.717, 1.165) is 0 Å². The molecule has 4 heteroatoms. The van der Waals surface area contributed by atoms with Gasteiger partial charge in [-0.15, -0.1) is 0 Å². The van der Waals surface area contributed by atoms with Gasteiger partial charge in [0, 0.05) is 23.6 Å². The first-order valence-corrected chi connectivity index (χ1v) is 4.72. The van der Waals surface area contributed by atoms with E-state index in [1.165, 1.54) is 18.5 Å². The van der Waals surface area contributed by atoms with E-state index >= 15 is 0 Å². The van der Waals surface area contributed by atoms with Crippen molar-refractivity contribution in [2.45, 2.75) is 0 Å². The van der Waals surface area contributed by atoms with Crippen LogP contribution in [-0.4, -0.2) is 15.9 Å². The van der Waals surface area contributed by atoms with Gasteiger partial charge in [-0.1, -0.05) is 6.07 Å². The van der Waals surface area contributed by atoms with Crippen molar-refractivity contribution in [2.75, 3.05) is 5.73 Å². The quantitative estimate of drug-likeness (QED) is 0.588. The molecule has 16 heavy (non-hydrogen) atoms. The number of benzene rings is 1. The van der Waals surface area contributed by atoms with E-state index in [9.17, 15) is 9.90 Å². The van der Waals surface area contributed by atoms with Crippen LogP contribution in [0.3, 0.4) is 0 Å². The zero-order valence-electron chi connectivity index (χ0n) is 8.42. The van der Waals surface area contributed by atoms with E-state index in [1.54, 1.807) is 24.3 Å². The number of hydrogen-bond acceptors (Lipinski definition) is 4. The zero-order valence-corrected chi connectivity index (χ0v) is 8.42. The molecule has 0 aliphatic rings. The number of rotatable bonds is 2. The van der Waals surface area contributed by atoms with Gasteiger partial charge in [-0.3, -0.25) is 9.78 Å². The largest absolute Gasteiger partial charge is 0.507 e. The normalized spacial score (nSPS) is 10.0. The fourth-order valence-electron chi connectivity index (χ4n) is 1.45. The van der Waals surface area contributed by atoms with E-state index in [0.29, 0.717) is 5.56 Å². The summed E-state index contributed by atoms with van der Waals surface area (Å²) in [6.45, 7) is 0. The Hall–Kier alpha value is -2.36. The Balaban J connectivity index is 2.50. The molecular weight excluding hydrogens is 204 g/mol. The molecule has 0 atom stereocenters. The molecule has 0 saturated heterocycles. The Labute approximate surface area is 92.4 Å². The van der Waals surface area contributed by atoms with E-state index in [-0.39, 0.29) is 22.8 Å². The summed E-state index contributed by atoms with van der Waals surface area (Å²) in [6, 6.07) is 7.76. The van der Waals surface area contributed by atoms with E-state index in [1.807, 2.05) is 0 Å². The standard InChI is InChI=1S/C12H10N2O2/c13-9-2-1-3-10(15)11(9)12(16)8-4-6-14-7-5-8/h1-7,15H,13H2. The number of hydrogen-bond donors (Lipinski definition) is 2. The van der Waals surface area contributed by atoms with Crippen LogP contribution in [-0.2, 0) is 0 Å². The number of nitrogen functional groups attached to an aromatic ring is 1. The van der Waals surface area contributed by atoms with Gasteiger partial charge in [0.2, 0.25) is 0 Å². The first-order chi connectivity index (χ1) is 7.70. The van der Waals surface area contributed by atoms with E-state index in [4.69, 9.17) is 5.73 Å². The first-order valence-electron chi connectivity index (χ1n) is 4.72. The van der Waals surface area contributed by atoms with Gasteiger partial charge in [0.05, 0.1) is 5.56 Å². The summed E-state index contributed by atoms with van der Waals surface area (Å²) in [6.07, 6.45) is 3.03. The van der Waals surface area contributed by atoms with E-state index < -0.39 is 0 Å². The lowest BCUT2D eigenvalue weighted by Crippen LogP contribution is -2.05. The number of nitrogens with zero attached hydrogens (tertiary/aromatic N) is 1. The van der Waals surface area contributed by atoms with Gasteiger partial charge < -0.3 is 10.8 Å². The molecular formula is C12H10N2O2. The Bertz CT molecular complexity index is 504. The number of carbonyl (C=O) groups excluding carboxylic acids is 1. The van der Waals surface area contributed by atoms with Crippen molar-refractivity contribution in [1.29, 1.82) is 0 Å². The van der Waals surface area contributed by atoms with Gasteiger partial charge in [0.1, 0.15) is 5.75 Å². The maximum absolute atomic E-state index is 12.0. The fraction of sp³-hybridized carbons (Fsp3) is 0. The summed E-state index contributed by atoms with van der Waals surface area (Å²) in [7, 11) is 0. The van der Waals surface area contributed by atoms with Crippen LogP contribution in [0.25, 0.3) is 0 Å². The highest BCUT2D eigenvalue weighted by molar-refractivity contribution is 6.13. The number of aromatic hydroxyl groups is 1. The van der Waals surface area contributed by atoms with Crippen LogP contribution >= 0.6 is 0 Å². The number of anilines is 1. The van der Waals surface area contributed by atoms with Crippen molar-refractivity contribution in [3.8, 4) is 5.75 Å². The van der Waals surface area contributed by atoms with Gasteiger partial charge >= 0.3 is 0 Å². The average Bonchev–Trinajstić information content (AvgIpc) is 2.30. The molecule has 0 aliphatic carbocycles. The molecule has 0 unspecified atom stereocenters. The molecule has 2 rings (SSSR count). The number of phenolic OH excluding ortho intramolecular Hbond substituents is 1. The van der Waals surface area contributed by atoms with Crippen LogP contribution in [0.15, 0.2) is 42.7 Å². The van der Waals surface area contributed by atoms with Gasteiger partial charge in [0.25, 0.3) is 0 Å². The number of aromatic nitrogens is 1. The second-order valence-electron chi connectivity index (χ2n) is 3.31. The minimum absolute atomic E-state index is 0.109. The zero-order chi connectivity index (χ0) is 11.5. The van der Waals surface area contributed by atoms with Crippen LogP contribution in [0.4, 0.5) is 5.69 Å². The molecule has 4 nitrogen and oxygen atoms in total. The van der Waals surface area contributed by atoms with Gasteiger partial charge in [0.15, 0.2) is 5.78 Å². The summed E-state index contributed by atoms with van der Waals surface area (Å²) in [5.74, 6) is -0.417. The van der Waals surface area contributed by atoms with Crippen molar-refractivity contribution in [1.82, 2.24) is 4.98 Å². The maximum atomic E-state index is 12.0. The summed E-state index contributed by atoms with van der Waals surface area (Å²) in [5.41, 5.74) is 6.51. The summed E-state index contributed by atoms with van der Waals surface area (Å²) in [5, 5.41) is 9.61. The molecule has 0 spiro atoms. The van der Waals surface area contributed by atoms with Gasteiger partial charge in [-0.25, -0.2) is 0 Å². The lowest BCUT2D eigenvalue weighted by Gasteiger charge is -2.06. The summed E-state index contributed by atoms with van der Waals surface area (Å²) < 4.78 is 0. The number of phenols is 1. The van der Waals surface area contributed by atoms with Crippen molar-refractivity contribution < 1.29 is 9.90 Å². The molecule has 3 N–H and O–H groups in total. The molecule has 0 bridgehead atoms. The minimum Gasteiger partial charge on any atom is -0.507 e. The summed E-state index contributed by atoms with van der Waals surface area (Å²) in [4.78, 5) is 15.8. The Morgan fingerprint density at radius 3 is 2.50 bits per heavy atom. The van der Waals surface area contributed by atoms with Gasteiger partial charge in [-0.05, 0) is 24.3 Å². The number of pyridine rings is 1. The molecule has 1 aromatic carbocycles. The van der Waals surface area contributed by atoms with Crippen molar-refractivity contribution in [2.24, 2.45) is 0 Å². The predicted octanol–water partition coefficient (Wildman–Crippen LogP) is 1.60. The minimum atomic E-state index is -0.307. The second-order valence-corrected chi connectivity index (χ2v) is 3.31. The molecule has 0 amide bonds. The molecule has 0 saturated carbocycles. The highest BCUT2D eigenvalue weighted by atomic mass is 16.3.